The van der Waals surface area contributed by atoms with Crippen LogP contribution >= 0.6 is 23.2 Å². The number of carbonyl (C=O) groups excluding carboxylic acids is 2. The first-order valence-corrected chi connectivity index (χ1v) is 11.3. The van der Waals surface area contributed by atoms with Crippen LogP contribution in [0.2, 0.25) is 10.0 Å². The average Bonchev–Trinajstić information content (AvgIpc) is 2.83. The van der Waals surface area contributed by atoms with Crippen molar-refractivity contribution in [3.05, 3.63) is 101 Å². The second-order valence-corrected chi connectivity index (χ2v) is 8.32. The number of halogens is 2. The Morgan fingerprint density at radius 3 is 2.30 bits per heavy atom. The minimum absolute atomic E-state index is 0.0281. The second kappa shape index (κ2) is 10.5. The summed E-state index contributed by atoms with van der Waals surface area (Å²) in [5, 5.41) is 5.57. The lowest BCUT2D eigenvalue weighted by Gasteiger charge is -2.12. The highest BCUT2D eigenvalue weighted by Crippen LogP contribution is 2.38. The summed E-state index contributed by atoms with van der Waals surface area (Å²) in [7, 11) is 0. The zero-order valence-corrected chi connectivity index (χ0v) is 19.2. The Hall–Kier alpha value is -3.34. The van der Waals surface area contributed by atoms with Gasteiger partial charge in [-0.05, 0) is 36.1 Å². The molecule has 0 spiro atoms. The van der Waals surface area contributed by atoms with Crippen LogP contribution in [0.25, 0.3) is 10.8 Å². The van der Waals surface area contributed by atoms with Gasteiger partial charge in [-0.25, -0.2) is 0 Å². The third-order valence-electron chi connectivity index (χ3n) is 5.17. The number of ketones is 1. The van der Waals surface area contributed by atoms with E-state index in [1.54, 1.807) is 36.4 Å². The van der Waals surface area contributed by atoms with Crippen molar-refractivity contribution in [3.8, 4) is 11.5 Å². The van der Waals surface area contributed by atoms with Crippen LogP contribution in [-0.2, 0) is 4.79 Å². The number of hydrogen-bond donors (Lipinski definition) is 1. The van der Waals surface area contributed by atoms with Gasteiger partial charge in [-0.2, -0.15) is 0 Å². The van der Waals surface area contributed by atoms with Crippen molar-refractivity contribution in [2.24, 2.45) is 0 Å². The van der Waals surface area contributed by atoms with E-state index in [1.165, 1.54) is 0 Å². The van der Waals surface area contributed by atoms with Gasteiger partial charge >= 0.3 is 0 Å². The fraction of sp³-hybridized carbons (Fsp3) is 0.111. The third kappa shape index (κ3) is 5.72. The summed E-state index contributed by atoms with van der Waals surface area (Å²) in [6.45, 7) is 0. The second-order valence-electron chi connectivity index (χ2n) is 7.54. The number of Topliss-reactive ketones (excluding diaryl/α,β-unsaturated/α-hetero) is 1. The largest absolute Gasteiger partial charge is 0.454 e. The molecule has 0 aliphatic carbocycles. The number of hydrogen-bond acceptors (Lipinski definition) is 3. The van der Waals surface area contributed by atoms with Gasteiger partial charge in [0.1, 0.15) is 11.5 Å². The van der Waals surface area contributed by atoms with E-state index in [2.05, 4.69) is 5.32 Å². The van der Waals surface area contributed by atoms with E-state index in [9.17, 15) is 9.59 Å². The lowest BCUT2D eigenvalue weighted by atomic mass is 10.1. The molecule has 0 heterocycles. The summed E-state index contributed by atoms with van der Waals surface area (Å²) < 4.78 is 5.93. The highest BCUT2D eigenvalue weighted by molar-refractivity contribution is 6.37. The van der Waals surface area contributed by atoms with Crippen molar-refractivity contribution < 1.29 is 14.3 Å². The van der Waals surface area contributed by atoms with Crippen molar-refractivity contribution in [1.82, 2.24) is 0 Å². The summed E-state index contributed by atoms with van der Waals surface area (Å²) in [6.07, 6.45) is 1.02. The molecule has 0 radical (unpaired) electrons. The Kier molecular flexibility index (Phi) is 7.28. The van der Waals surface area contributed by atoms with E-state index < -0.39 is 0 Å². The normalized spacial score (nSPS) is 10.7. The van der Waals surface area contributed by atoms with Crippen LogP contribution in [0.4, 0.5) is 5.69 Å². The molecule has 4 nitrogen and oxygen atoms in total. The van der Waals surface area contributed by atoms with Crippen molar-refractivity contribution in [1.29, 1.82) is 0 Å². The van der Waals surface area contributed by atoms with Crippen molar-refractivity contribution in [2.45, 2.75) is 19.3 Å². The predicted molar refractivity (Wildman–Crippen MR) is 134 cm³/mol. The predicted octanol–water partition coefficient (Wildman–Crippen LogP) is 7.93. The van der Waals surface area contributed by atoms with E-state index in [0.717, 1.165) is 10.8 Å². The summed E-state index contributed by atoms with van der Waals surface area (Å²) >= 11 is 12.9. The number of anilines is 1. The standard InChI is InChI=1S/C27H21Cl2NO3/c28-22-17-20(30-26(32)12-6-11-23(31)19-8-2-1-3-9-19)14-16-24(22)33-25-15-13-18-7-4-5-10-21(18)27(25)29/h1-5,7-10,13-17H,6,11-12H2,(H,30,32). The molecule has 0 aliphatic rings. The molecule has 33 heavy (non-hydrogen) atoms. The number of carbonyl (C=O) groups is 2. The minimum atomic E-state index is -0.182. The molecule has 0 bridgehead atoms. The fourth-order valence-corrected chi connectivity index (χ4v) is 3.97. The molecule has 6 heteroatoms. The monoisotopic (exact) mass is 477 g/mol. The van der Waals surface area contributed by atoms with Gasteiger partial charge in [0, 0.05) is 29.5 Å². The molecule has 4 aromatic carbocycles. The number of fused-ring (bicyclic) bond motifs is 1. The Morgan fingerprint density at radius 1 is 0.788 bits per heavy atom. The lowest BCUT2D eigenvalue weighted by Crippen LogP contribution is -2.12. The van der Waals surface area contributed by atoms with E-state index in [1.807, 2.05) is 48.5 Å². The van der Waals surface area contributed by atoms with E-state index in [-0.39, 0.29) is 18.1 Å². The first kappa shape index (κ1) is 22.8. The zero-order chi connectivity index (χ0) is 23.2. The molecule has 1 N–H and O–H groups in total. The van der Waals surface area contributed by atoms with Crippen LogP contribution in [0.1, 0.15) is 29.6 Å². The first-order chi connectivity index (χ1) is 16.0. The summed E-state index contributed by atoms with van der Waals surface area (Å²) in [6, 6.07) is 25.6. The summed E-state index contributed by atoms with van der Waals surface area (Å²) in [5.41, 5.74) is 1.21. The van der Waals surface area contributed by atoms with Crippen LogP contribution in [-0.4, -0.2) is 11.7 Å². The molecule has 0 aromatic heterocycles. The highest BCUT2D eigenvalue weighted by Gasteiger charge is 2.12. The first-order valence-electron chi connectivity index (χ1n) is 10.5. The average molecular weight is 478 g/mol. The Labute approximate surface area is 202 Å². The highest BCUT2D eigenvalue weighted by atomic mass is 35.5. The number of rotatable bonds is 8. The van der Waals surface area contributed by atoms with Gasteiger partial charge < -0.3 is 10.1 Å². The molecule has 0 atom stereocenters. The Bertz CT molecular complexity index is 1310. The Balaban J connectivity index is 1.34. The van der Waals surface area contributed by atoms with Gasteiger partial charge in [-0.15, -0.1) is 0 Å². The van der Waals surface area contributed by atoms with Crippen molar-refractivity contribution >= 4 is 51.4 Å². The van der Waals surface area contributed by atoms with Gasteiger partial charge in [-0.3, -0.25) is 9.59 Å². The van der Waals surface area contributed by atoms with Crippen molar-refractivity contribution in [3.63, 3.8) is 0 Å². The van der Waals surface area contributed by atoms with Crippen LogP contribution < -0.4 is 10.1 Å². The SMILES string of the molecule is O=C(CCCC(=O)c1ccccc1)Nc1ccc(Oc2ccc3ccccc3c2Cl)c(Cl)c1. The maximum atomic E-state index is 12.3. The molecular weight excluding hydrogens is 457 g/mol. The summed E-state index contributed by atoms with van der Waals surface area (Å²) in [4.78, 5) is 24.4. The maximum Gasteiger partial charge on any atom is 0.224 e. The van der Waals surface area contributed by atoms with Crippen molar-refractivity contribution in [2.75, 3.05) is 5.32 Å². The molecule has 0 unspecified atom stereocenters. The molecule has 166 valence electrons. The molecule has 4 aromatic rings. The quantitative estimate of drug-likeness (QED) is 0.262. The van der Waals surface area contributed by atoms with Crippen LogP contribution in [0.15, 0.2) is 84.9 Å². The molecule has 0 fully saturated rings. The molecule has 4 rings (SSSR count). The van der Waals surface area contributed by atoms with Gasteiger partial charge in [0.25, 0.3) is 0 Å². The molecule has 0 aliphatic heterocycles. The molecule has 0 saturated heterocycles. The van der Waals surface area contributed by atoms with Gasteiger partial charge in [0.2, 0.25) is 5.91 Å². The number of amides is 1. The maximum absolute atomic E-state index is 12.3. The van der Waals surface area contributed by atoms with Crippen LogP contribution in [0.3, 0.4) is 0 Å². The van der Waals surface area contributed by atoms with E-state index >= 15 is 0 Å². The topological polar surface area (TPSA) is 55.4 Å². The number of benzene rings is 4. The van der Waals surface area contributed by atoms with Gasteiger partial charge in [0.15, 0.2) is 5.78 Å². The summed E-state index contributed by atoms with van der Waals surface area (Å²) in [5.74, 6) is 0.774. The number of ether oxygens (including phenoxy) is 1. The molecular formula is C27H21Cl2NO3. The lowest BCUT2D eigenvalue weighted by molar-refractivity contribution is -0.116. The molecule has 1 amide bonds. The fourth-order valence-electron chi connectivity index (χ4n) is 3.47. The van der Waals surface area contributed by atoms with Gasteiger partial charge in [0.05, 0.1) is 10.0 Å². The number of nitrogens with one attached hydrogen (secondary N) is 1. The zero-order valence-electron chi connectivity index (χ0n) is 17.7. The smallest absolute Gasteiger partial charge is 0.224 e. The Morgan fingerprint density at radius 2 is 1.52 bits per heavy atom. The minimum Gasteiger partial charge on any atom is -0.454 e. The molecule has 0 saturated carbocycles. The van der Waals surface area contributed by atoms with Gasteiger partial charge in [-0.1, -0.05) is 83.9 Å². The van der Waals surface area contributed by atoms with Crippen LogP contribution in [0, 0.1) is 0 Å². The van der Waals surface area contributed by atoms with E-state index in [4.69, 9.17) is 27.9 Å². The van der Waals surface area contributed by atoms with Crippen LogP contribution in [0.5, 0.6) is 11.5 Å². The van der Waals surface area contributed by atoms with E-state index in [0.29, 0.717) is 45.6 Å². The third-order valence-corrected chi connectivity index (χ3v) is 5.85.